The number of amides is 1. The smallest absolute Gasteiger partial charge is 0.412 e. The lowest BCUT2D eigenvalue weighted by Crippen LogP contribution is -2.36. The lowest BCUT2D eigenvalue weighted by molar-refractivity contribution is -0.0550. The zero-order valence-electron chi connectivity index (χ0n) is 15.7. The largest absolute Gasteiger partial charge is 0.449 e. The number of aliphatic hydroxyl groups excluding tert-OH is 3. The zero-order valence-corrected chi connectivity index (χ0v) is 17.8. The minimum absolute atomic E-state index is 0.0110. The van der Waals surface area contributed by atoms with Crippen molar-refractivity contribution in [2.75, 3.05) is 32.2 Å². The quantitative estimate of drug-likeness (QED) is 0.360. The fourth-order valence-electron chi connectivity index (χ4n) is 2.65. The molecular formula is C16H24IN3O8. The predicted molar refractivity (Wildman–Crippen MR) is 105 cm³/mol. The zero-order chi connectivity index (χ0) is 21.1. The van der Waals surface area contributed by atoms with Crippen LogP contribution in [0.2, 0.25) is 0 Å². The third-order valence-electron chi connectivity index (χ3n) is 4.05. The topological polar surface area (TPSA) is 152 Å². The summed E-state index contributed by atoms with van der Waals surface area (Å²) in [7, 11) is 1.55. The van der Waals surface area contributed by atoms with Crippen LogP contribution in [0.25, 0.3) is 0 Å². The lowest BCUT2D eigenvalue weighted by Gasteiger charge is -2.23. The number of hydrogen-bond donors (Lipinski definition) is 4. The van der Waals surface area contributed by atoms with Gasteiger partial charge >= 0.3 is 11.8 Å². The molecule has 4 atom stereocenters. The van der Waals surface area contributed by atoms with Crippen LogP contribution in [0, 0.1) is 8.99 Å². The van der Waals surface area contributed by atoms with Crippen LogP contribution in [0.15, 0.2) is 11.0 Å². The van der Waals surface area contributed by atoms with Gasteiger partial charge in [-0.1, -0.05) is 13.8 Å². The molecule has 158 valence electrons. The van der Waals surface area contributed by atoms with Crippen molar-refractivity contribution >= 4 is 34.5 Å². The average Bonchev–Trinajstić information content (AvgIpc) is 2.91. The first kappa shape index (κ1) is 23.0. The number of nitrogens with one attached hydrogen (secondary N) is 1. The molecule has 0 saturated carbocycles. The predicted octanol–water partition coefficient (Wildman–Crippen LogP) is -0.319. The van der Waals surface area contributed by atoms with Crippen molar-refractivity contribution in [3.8, 4) is 0 Å². The molecule has 1 aliphatic heterocycles. The molecule has 1 aromatic rings. The van der Waals surface area contributed by atoms with Crippen molar-refractivity contribution in [2.24, 2.45) is 5.41 Å². The standard InChI is InChI=1S/C16H24IN3O8/c1-16(2,6-26-3)7-27-15(25)19-12-8(17)4-20(14(24)18-12)13-11(23)10(22)9(5-21)28-13/h4,9-11,13,21-23H,5-7H2,1-3H3,(H,18,19,24,25)/t9-,10-,11-,13?/m1/s1. The van der Waals surface area contributed by atoms with Crippen LogP contribution < -0.4 is 11.0 Å². The molecular weight excluding hydrogens is 489 g/mol. The third kappa shape index (κ3) is 5.39. The maximum atomic E-state index is 12.3. The number of aliphatic hydroxyl groups is 3. The highest BCUT2D eigenvalue weighted by Crippen LogP contribution is 2.29. The summed E-state index contributed by atoms with van der Waals surface area (Å²) in [5, 5.41) is 31.4. The monoisotopic (exact) mass is 513 g/mol. The Labute approximate surface area is 174 Å². The van der Waals surface area contributed by atoms with E-state index >= 15 is 0 Å². The molecule has 0 aromatic carbocycles. The van der Waals surface area contributed by atoms with E-state index in [1.54, 1.807) is 7.11 Å². The van der Waals surface area contributed by atoms with Gasteiger partial charge in [-0.2, -0.15) is 4.98 Å². The second kappa shape index (κ2) is 9.45. The van der Waals surface area contributed by atoms with Crippen LogP contribution >= 0.6 is 22.6 Å². The van der Waals surface area contributed by atoms with Crippen molar-refractivity contribution in [1.29, 1.82) is 0 Å². The summed E-state index contributed by atoms with van der Waals surface area (Å²) in [6.07, 6.45) is -4.45. The number of carbonyl (C=O) groups excluding carboxylic acids is 1. The summed E-state index contributed by atoms with van der Waals surface area (Å²) in [6, 6.07) is 0. The fraction of sp³-hybridized carbons (Fsp3) is 0.688. The van der Waals surface area contributed by atoms with E-state index in [2.05, 4.69) is 10.3 Å². The first-order chi connectivity index (χ1) is 13.1. The molecule has 1 unspecified atom stereocenters. The maximum absolute atomic E-state index is 12.3. The molecule has 2 heterocycles. The molecule has 0 spiro atoms. The van der Waals surface area contributed by atoms with Crippen LogP contribution in [-0.2, 0) is 14.2 Å². The Balaban J connectivity index is 2.10. The number of ether oxygens (including phenoxy) is 3. The van der Waals surface area contributed by atoms with E-state index in [-0.39, 0.29) is 17.8 Å². The van der Waals surface area contributed by atoms with Crippen LogP contribution in [-0.4, -0.2) is 76.2 Å². The number of hydrogen-bond acceptors (Lipinski definition) is 9. The van der Waals surface area contributed by atoms with E-state index in [4.69, 9.17) is 19.3 Å². The van der Waals surface area contributed by atoms with Crippen LogP contribution in [0.5, 0.6) is 0 Å². The summed E-state index contributed by atoms with van der Waals surface area (Å²) in [4.78, 5) is 28.1. The fourth-order valence-corrected chi connectivity index (χ4v) is 3.21. The van der Waals surface area contributed by atoms with Crippen molar-refractivity contribution in [1.82, 2.24) is 9.55 Å². The van der Waals surface area contributed by atoms with E-state index in [1.165, 1.54) is 6.20 Å². The van der Waals surface area contributed by atoms with E-state index in [0.717, 1.165) is 4.57 Å². The molecule has 1 aromatic heterocycles. The Morgan fingerprint density at radius 3 is 2.64 bits per heavy atom. The van der Waals surface area contributed by atoms with Crippen LogP contribution in [0.1, 0.15) is 20.1 Å². The molecule has 1 amide bonds. The van der Waals surface area contributed by atoms with Gasteiger partial charge in [0.15, 0.2) is 12.0 Å². The Hall–Kier alpha value is -1.32. The van der Waals surface area contributed by atoms with Gasteiger partial charge in [0.1, 0.15) is 24.9 Å². The van der Waals surface area contributed by atoms with Gasteiger partial charge in [0.25, 0.3) is 0 Å². The van der Waals surface area contributed by atoms with Gasteiger partial charge in [-0.25, -0.2) is 9.59 Å². The maximum Gasteiger partial charge on any atom is 0.412 e. The van der Waals surface area contributed by atoms with Crippen LogP contribution in [0.3, 0.4) is 0 Å². The van der Waals surface area contributed by atoms with E-state index in [0.29, 0.717) is 10.2 Å². The molecule has 1 fully saturated rings. The van der Waals surface area contributed by atoms with Crippen molar-refractivity contribution < 1.29 is 34.3 Å². The van der Waals surface area contributed by atoms with E-state index in [9.17, 15) is 19.8 Å². The number of nitrogens with zero attached hydrogens (tertiary/aromatic N) is 2. The Morgan fingerprint density at radius 2 is 2.07 bits per heavy atom. The summed E-state index contributed by atoms with van der Waals surface area (Å²) in [5.74, 6) is -0.0110. The van der Waals surface area contributed by atoms with E-state index < -0.39 is 42.9 Å². The Bertz CT molecular complexity index is 756. The molecule has 4 N–H and O–H groups in total. The molecule has 0 radical (unpaired) electrons. The van der Waals surface area contributed by atoms with Crippen molar-refractivity contribution in [3.05, 3.63) is 20.3 Å². The summed E-state index contributed by atoms with van der Waals surface area (Å²) < 4.78 is 16.9. The van der Waals surface area contributed by atoms with E-state index in [1.807, 2.05) is 36.4 Å². The lowest BCUT2D eigenvalue weighted by atomic mass is 9.96. The molecule has 12 heteroatoms. The van der Waals surface area contributed by atoms with Gasteiger partial charge in [0, 0.05) is 18.7 Å². The second-order valence-electron chi connectivity index (χ2n) is 7.15. The number of rotatable bonds is 7. The Kier molecular flexibility index (Phi) is 7.75. The Morgan fingerprint density at radius 1 is 1.39 bits per heavy atom. The molecule has 11 nitrogen and oxygen atoms in total. The molecule has 2 rings (SSSR count). The number of carbonyl (C=O) groups is 1. The summed E-state index contributed by atoms with van der Waals surface area (Å²) >= 11 is 1.85. The summed E-state index contributed by atoms with van der Waals surface area (Å²) in [5.41, 5.74) is -1.19. The van der Waals surface area contributed by atoms with Gasteiger partial charge in [-0.05, 0) is 22.6 Å². The first-order valence-corrected chi connectivity index (χ1v) is 9.51. The van der Waals surface area contributed by atoms with Crippen molar-refractivity contribution in [3.63, 3.8) is 0 Å². The first-order valence-electron chi connectivity index (χ1n) is 8.43. The minimum atomic E-state index is -1.42. The van der Waals surface area contributed by atoms with Crippen molar-refractivity contribution in [2.45, 2.75) is 38.4 Å². The number of methoxy groups -OCH3 is 1. The minimum Gasteiger partial charge on any atom is -0.449 e. The average molecular weight is 513 g/mol. The normalized spacial score (nSPS) is 25.0. The van der Waals surface area contributed by atoms with Crippen LogP contribution in [0.4, 0.5) is 10.6 Å². The van der Waals surface area contributed by atoms with Gasteiger partial charge in [0.2, 0.25) is 0 Å². The second-order valence-corrected chi connectivity index (χ2v) is 8.32. The highest BCUT2D eigenvalue weighted by atomic mass is 127. The number of halogens is 1. The third-order valence-corrected chi connectivity index (χ3v) is 4.84. The highest BCUT2D eigenvalue weighted by molar-refractivity contribution is 14.1. The van der Waals surface area contributed by atoms with Gasteiger partial charge in [0.05, 0.1) is 16.8 Å². The molecule has 0 aliphatic carbocycles. The van der Waals surface area contributed by atoms with Gasteiger partial charge in [-0.3, -0.25) is 9.88 Å². The van der Waals surface area contributed by atoms with Gasteiger partial charge in [-0.15, -0.1) is 0 Å². The molecule has 28 heavy (non-hydrogen) atoms. The molecule has 1 aliphatic rings. The highest BCUT2D eigenvalue weighted by Gasteiger charge is 2.44. The molecule has 0 bridgehead atoms. The molecule has 1 saturated heterocycles. The number of anilines is 1. The SMILES string of the molecule is COCC(C)(C)COC(=O)Nc1nc(=O)n(C2O[C@H](CO)[C@@H](O)[C@H]2O)cc1I. The summed E-state index contributed by atoms with van der Waals surface area (Å²) in [6.45, 7) is 3.72. The van der Waals surface area contributed by atoms with Gasteiger partial charge < -0.3 is 29.5 Å². The number of aromatic nitrogens is 2.